The normalized spacial score (nSPS) is 11.2. The summed E-state index contributed by atoms with van der Waals surface area (Å²) in [5.41, 5.74) is 10.8. The first-order chi connectivity index (χ1) is 9.66. The average Bonchev–Trinajstić information content (AvgIpc) is 2.47. The number of rotatable bonds is 2. The number of benzene rings is 3. The molecule has 0 spiro atoms. The Labute approximate surface area is 120 Å². The van der Waals surface area contributed by atoms with E-state index >= 15 is 0 Å². The van der Waals surface area contributed by atoms with E-state index in [0.29, 0.717) is 5.92 Å². The lowest BCUT2D eigenvalue weighted by atomic mass is 9.95. The highest BCUT2D eigenvalue weighted by Gasteiger charge is 2.06. The Kier molecular flexibility index (Phi) is 3.19. The van der Waals surface area contributed by atoms with Crippen LogP contribution in [0.1, 0.15) is 25.3 Å². The molecule has 0 saturated carbocycles. The van der Waals surface area contributed by atoms with Gasteiger partial charge < -0.3 is 5.73 Å². The summed E-state index contributed by atoms with van der Waals surface area (Å²) in [6.45, 7) is 4.43. The molecule has 0 aliphatic heterocycles. The summed E-state index contributed by atoms with van der Waals surface area (Å²) < 4.78 is 0. The van der Waals surface area contributed by atoms with Crippen LogP contribution in [0.2, 0.25) is 0 Å². The minimum atomic E-state index is 0.562. The zero-order valence-corrected chi connectivity index (χ0v) is 11.9. The predicted molar refractivity (Wildman–Crippen MR) is 87.9 cm³/mol. The highest BCUT2D eigenvalue weighted by molar-refractivity contribution is 6.02. The van der Waals surface area contributed by atoms with Crippen molar-refractivity contribution in [2.24, 2.45) is 0 Å². The lowest BCUT2D eigenvalue weighted by Gasteiger charge is -2.10. The van der Waals surface area contributed by atoms with Gasteiger partial charge in [-0.1, -0.05) is 68.4 Å². The van der Waals surface area contributed by atoms with Gasteiger partial charge in [-0.25, -0.2) is 0 Å². The van der Waals surface area contributed by atoms with Crippen LogP contribution in [0.4, 0.5) is 5.69 Å². The van der Waals surface area contributed by atoms with Gasteiger partial charge in [0.05, 0.1) is 0 Å². The second kappa shape index (κ2) is 5.01. The van der Waals surface area contributed by atoms with Gasteiger partial charge in [-0.05, 0) is 34.1 Å². The lowest BCUT2D eigenvalue weighted by molar-refractivity contribution is 0.867. The molecule has 20 heavy (non-hydrogen) atoms. The third-order valence-electron chi connectivity index (χ3n) is 3.84. The molecule has 0 radical (unpaired) electrons. The first-order valence-electron chi connectivity index (χ1n) is 7.04. The fourth-order valence-corrected chi connectivity index (χ4v) is 2.63. The van der Waals surface area contributed by atoms with E-state index in [0.717, 1.165) is 11.1 Å². The van der Waals surface area contributed by atoms with Crippen molar-refractivity contribution in [3.05, 3.63) is 66.2 Å². The van der Waals surface area contributed by atoms with Crippen LogP contribution in [-0.4, -0.2) is 0 Å². The summed E-state index contributed by atoms with van der Waals surface area (Å²) >= 11 is 0. The summed E-state index contributed by atoms with van der Waals surface area (Å²) in [6, 6.07) is 21.2. The largest absolute Gasteiger partial charge is 0.398 e. The summed E-state index contributed by atoms with van der Waals surface area (Å²) in [6.07, 6.45) is 0. The van der Waals surface area contributed by atoms with Gasteiger partial charge in [-0.3, -0.25) is 0 Å². The standard InChI is InChI=1S/C19H19N/c1-13(2)14-9-11-15(12-10-14)16-5-3-7-18-17(16)6-4-8-19(18)20/h3-13H,20H2,1-2H3. The van der Waals surface area contributed by atoms with E-state index in [1.807, 2.05) is 12.1 Å². The van der Waals surface area contributed by atoms with E-state index in [2.05, 4.69) is 62.4 Å². The van der Waals surface area contributed by atoms with E-state index in [1.165, 1.54) is 22.1 Å². The van der Waals surface area contributed by atoms with Crippen LogP contribution in [0.25, 0.3) is 21.9 Å². The SMILES string of the molecule is CC(C)c1ccc(-c2cccc3c(N)cccc23)cc1. The van der Waals surface area contributed by atoms with Gasteiger partial charge >= 0.3 is 0 Å². The topological polar surface area (TPSA) is 26.0 Å². The third-order valence-corrected chi connectivity index (χ3v) is 3.84. The molecule has 0 aromatic heterocycles. The molecule has 0 unspecified atom stereocenters. The first-order valence-corrected chi connectivity index (χ1v) is 7.04. The molecule has 2 N–H and O–H groups in total. The van der Waals surface area contributed by atoms with Gasteiger partial charge in [0.25, 0.3) is 0 Å². The van der Waals surface area contributed by atoms with Crippen LogP contribution in [-0.2, 0) is 0 Å². The molecule has 3 aromatic rings. The van der Waals surface area contributed by atoms with Gasteiger partial charge in [0.1, 0.15) is 0 Å². The van der Waals surface area contributed by atoms with Crippen molar-refractivity contribution in [1.82, 2.24) is 0 Å². The van der Waals surface area contributed by atoms with Crippen molar-refractivity contribution in [2.45, 2.75) is 19.8 Å². The molecule has 0 fully saturated rings. The Morgan fingerprint density at radius 3 is 2.10 bits per heavy atom. The Morgan fingerprint density at radius 2 is 1.40 bits per heavy atom. The van der Waals surface area contributed by atoms with Crippen LogP contribution >= 0.6 is 0 Å². The van der Waals surface area contributed by atoms with Crippen molar-refractivity contribution in [3.8, 4) is 11.1 Å². The van der Waals surface area contributed by atoms with E-state index in [-0.39, 0.29) is 0 Å². The molecule has 1 nitrogen and oxygen atoms in total. The summed E-state index contributed by atoms with van der Waals surface area (Å²) in [4.78, 5) is 0. The summed E-state index contributed by atoms with van der Waals surface area (Å²) in [5, 5.41) is 2.34. The first kappa shape index (κ1) is 12.7. The lowest BCUT2D eigenvalue weighted by Crippen LogP contribution is -1.89. The molecule has 3 aromatic carbocycles. The molecule has 3 rings (SSSR count). The molecule has 100 valence electrons. The molecule has 0 saturated heterocycles. The van der Waals surface area contributed by atoms with Gasteiger partial charge in [0.2, 0.25) is 0 Å². The van der Waals surface area contributed by atoms with E-state index in [4.69, 9.17) is 5.73 Å². The zero-order chi connectivity index (χ0) is 14.1. The molecular weight excluding hydrogens is 242 g/mol. The van der Waals surface area contributed by atoms with Crippen LogP contribution in [0.5, 0.6) is 0 Å². The van der Waals surface area contributed by atoms with Crippen LogP contribution in [0.3, 0.4) is 0 Å². The maximum atomic E-state index is 6.07. The highest BCUT2D eigenvalue weighted by Crippen LogP contribution is 2.31. The van der Waals surface area contributed by atoms with Crippen molar-refractivity contribution in [2.75, 3.05) is 5.73 Å². The molecule has 0 heterocycles. The number of hydrogen-bond acceptors (Lipinski definition) is 1. The van der Waals surface area contributed by atoms with E-state index < -0.39 is 0 Å². The average molecular weight is 261 g/mol. The molecule has 0 aliphatic carbocycles. The molecular formula is C19H19N. The van der Waals surface area contributed by atoms with Gasteiger partial charge in [-0.15, -0.1) is 0 Å². The quantitative estimate of drug-likeness (QED) is 0.629. The maximum Gasteiger partial charge on any atom is 0.0393 e. The monoisotopic (exact) mass is 261 g/mol. The Balaban J connectivity index is 2.17. The number of nitrogen functional groups attached to an aromatic ring is 1. The van der Waals surface area contributed by atoms with Crippen LogP contribution in [0.15, 0.2) is 60.7 Å². The Bertz CT molecular complexity index is 739. The van der Waals surface area contributed by atoms with Gasteiger partial charge in [0.15, 0.2) is 0 Å². The maximum absolute atomic E-state index is 6.07. The van der Waals surface area contributed by atoms with Crippen LogP contribution < -0.4 is 5.73 Å². The van der Waals surface area contributed by atoms with Gasteiger partial charge in [-0.2, -0.15) is 0 Å². The van der Waals surface area contributed by atoms with E-state index in [9.17, 15) is 0 Å². The van der Waals surface area contributed by atoms with Crippen LogP contribution in [0, 0.1) is 0 Å². The number of fused-ring (bicyclic) bond motifs is 1. The molecule has 1 heteroatoms. The number of nitrogens with two attached hydrogens (primary N) is 1. The fraction of sp³-hybridized carbons (Fsp3) is 0.158. The smallest absolute Gasteiger partial charge is 0.0393 e. The molecule has 0 bridgehead atoms. The number of hydrogen-bond donors (Lipinski definition) is 1. The highest BCUT2D eigenvalue weighted by atomic mass is 14.5. The minimum Gasteiger partial charge on any atom is -0.398 e. The molecule has 0 aliphatic rings. The molecule has 0 amide bonds. The summed E-state index contributed by atoms with van der Waals surface area (Å²) in [5.74, 6) is 0.562. The summed E-state index contributed by atoms with van der Waals surface area (Å²) in [7, 11) is 0. The Morgan fingerprint density at radius 1 is 0.750 bits per heavy atom. The van der Waals surface area contributed by atoms with Crippen molar-refractivity contribution in [3.63, 3.8) is 0 Å². The predicted octanol–water partition coefficient (Wildman–Crippen LogP) is 5.21. The fourth-order valence-electron chi connectivity index (χ4n) is 2.63. The minimum absolute atomic E-state index is 0.562. The van der Waals surface area contributed by atoms with Crippen molar-refractivity contribution >= 4 is 16.5 Å². The second-order valence-electron chi connectivity index (χ2n) is 5.52. The Hall–Kier alpha value is -2.28. The van der Waals surface area contributed by atoms with E-state index in [1.54, 1.807) is 0 Å². The van der Waals surface area contributed by atoms with Crippen molar-refractivity contribution < 1.29 is 0 Å². The number of anilines is 1. The second-order valence-corrected chi connectivity index (χ2v) is 5.52. The van der Waals surface area contributed by atoms with Crippen molar-refractivity contribution in [1.29, 1.82) is 0 Å². The van der Waals surface area contributed by atoms with Gasteiger partial charge in [0, 0.05) is 11.1 Å². The zero-order valence-electron chi connectivity index (χ0n) is 11.9. The molecule has 0 atom stereocenters. The third kappa shape index (κ3) is 2.16.